The zero-order valence-electron chi connectivity index (χ0n) is 4.72. The first kappa shape index (κ1) is 4.77. The predicted octanol–water partition coefficient (Wildman–Crippen LogP) is 1.09. The van der Waals surface area contributed by atoms with Crippen molar-refractivity contribution in [2.75, 3.05) is 0 Å². The monoisotopic (exact) mass is 113 g/mol. The van der Waals surface area contributed by atoms with Crippen LogP contribution in [0.2, 0.25) is 0 Å². The Kier molecular flexibility index (Phi) is 0.746. The molecule has 2 saturated heterocycles. The average molecular weight is 113 g/mol. The number of ether oxygens (including phenoxy) is 1. The van der Waals surface area contributed by atoms with Gasteiger partial charge in [0.1, 0.15) is 0 Å². The van der Waals surface area contributed by atoms with E-state index in [0.717, 1.165) is 25.7 Å². The van der Waals surface area contributed by atoms with Crippen LogP contribution >= 0.6 is 0 Å². The van der Waals surface area contributed by atoms with Crippen LogP contribution in [0.15, 0.2) is 0 Å². The van der Waals surface area contributed by atoms with E-state index in [9.17, 15) is 5.11 Å². The van der Waals surface area contributed by atoms with Crippen molar-refractivity contribution in [1.82, 2.24) is 0 Å². The molecule has 2 aliphatic rings. The molecule has 2 nitrogen and oxygen atoms in total. The summed E-state index contributed by atoms with van der Waals surface area (Å²) in [5.74, 6) is -0.940. The molecule has 0 amide bonds. The lowest BCUT2D eigenvalue weighted by Crippen LogP contribution is -2.20. The van der Waals surface area contributed by atoms with Crippen molar-refractivity contribution in [3.05, 3.63) is 0 Å². The Hall–Kier alpha value is -0.0800. The Balaban J connectivity index is 2.19. The van der Waals surface area contributed by atoms with Crippen LogP contribution in [0, 0.1) is 0 Å². The van der Waals surface area contributed by atoms with E-state index in [1.807, 2.05) is 0 Å². The molecule has 0 aliphatic carbocycles. The minimum Gasteiger partial charge on any atom is -0.344 e. The number of hydrogen-bond donors (Lipinski definition) is 0. The molecule has 8 heavy (non-hydrogen) atoms. The van der Waals surface area contributed by atoms with Crippen molar-refractivity contribution in [2.45, 2.75) is 37.6 Å². The molecule has 0 saturated carbocycles. The van der Waals surface area contributed by atoms with Crippen LogP contribution in [0.4, 0.5) is 0 Å². The Morgan fingerprint density at radius 1 is 1.38 bits per heavy atom. The molecule has 0 N–H and O–H groups in total. The van der Waals surface area contributed by atoms with Crippen molar-refractivity contribution in [2.24, 2.45) is 0 Å². The first-order valence-electron chi connectivity index (χ1n) is 3.17. The maximum absolute atomic E-state index is 11.1. The van der Waals surface area contributed by atoms with Gasteiger partial charge in [0.15, 0.2) is 0 Å². The molecule has 2 rings (SSSR count). The summed E-state index contributed by atoms with van der Waals surface area (Å²) in [7, 11) is 0. The summed E-state index contributed by atoms with van der Waals surface area (Å²) in [5.41, 5.74) is 0. The van der Waals surface area contributed by atoms with Gasteiger partial charge in [-0.2, -0.15) is 5.11 Å². The Labute approximate surface area is 48.5 Å². The summed E-state index contributed by atoms with van der Waals surface area (Å²) in [6.45, 7) is 0. The molecule has 1 radical (unpaired) electrons. The minimum absolute atomic E-state index is 0.326. The number of fused-ring (bicyclic) bond motifs is 2. The lowest BCUT2D eigenvalue weighted by atomic mass is 9.98. The molecule has 0 unspecified atom stereocenters. The van der Waals surface area contributed by atoms with Crippen molar-refractivity contribution >= 4 is 0 Å². The van der Waals surface area contributed by atoms with Crippen LogP contribution in [-0.4, -0.2) is 11.9 Å². The fraction of sp³-hybridized carbons (Fsp3) is 1.00. The van der Waals surface area contributed by atoms with Crippen LogP contribution in [-0.2, 0) is 9.84 Å². The topological polar surface area (TPSA) is 29.1 Å². The Morgan fingerprint density at radius 2 is 2.00 bits per heavy atom. The van der Waals surface area contributed by atoms with Gasteiger partial charge in [0.2, 0.25) is 5.79 Å². The molecule has 2 aliphatic heterocycles. The number of rotatable bonds is 0. The molecule has 2 bridgehead atoms. The van der Waals surface area contributed by atoms with Crippen molar-refractivity contribution in [3.8, 4) is 0 Å². The normalized spacial score (nSPS) is 52.9. The highest BCUT2D eigenvalue weighted by molar-refractivity contribution is 4.87. The highest BCUT2D eigenvalue weighted by atomic mass is 16.6. The van der Waals surface area contributed by atoms with Gasteiger partial charge >= 0.3 is 0 Å². The summed E-state index contributed by atoms with van der Waals surface area (Å²) in [6.07, 6.45) is 3.83. The van der Waals surface area contributed by atoms with Gasteiger partial charge in [0.25, 0.3) is 0 Å². The second kappa shape index (κ2) is 1.25. The van der Waals surface area contributed by atoms with E-state index in [1.165, 1.54) is 0 Å². The van der Waals surface area contributed by atoms with Crippen LogP contribution in [0.5, 0.6) is 0 Å². The van der Waals surface area contributed by atoms with Crippen molar-refractivity contribution in [3.63, 3.8) is 0 Å². The molecule has 2 heterocycles. The second-order valence-electron chi connectivity index (χ2n) is 2.73. The summed E-state index contributed by atoms with van der Waals surface area (Å²) >= 11 is 0. The molecular weight excluding hydrogens is 104 g/mol. The lowest BCUT2D eigenvalue weighted by Gasteiger charge is -2.11. The van der Waals surface area contributed by atoms with Gasteiger partial charge in [-0.05, 0) is 12.8 Å². The van der Waals surface area contributed by atoms with Crippen LogP contribution in [0.25, 0.3) is 0 Å². The van der Waals surface area contributed by atoms with E-state index in [0.29, 0.717) is 6.10 Å². The molecule has 0 aromatic carbocycles. The lowest BCUT2D eigenvalue weighted by molar-refractivity contribution is -0.198. The molecular formula is C6H9O2. The third kappa shape index (κ3) is 0.501. The van der Waals surface area contributed by atoms with Crippen LogP contribution in [0.1, 0.15) is 25.7 Å². The fourth-order valence-corrected chi connectivity index (χ4v) is 1.57. The van der Waals surface area contributed by atoms with Gasteiger partial charge in [-0.15, -0.1) is 0 Å². The Morgan fingerprint density at radius 3 is 2.12 bits per heavy atom. The largest absolute Gasteiger partial charge is 0.344 e. The first-order chi connectivity index (χ1) is 3.79. The highest BCUT2D eigenvalue weighted by Gasteiger charge is 2.46. The average Bonchev–Trinajstić information content (AvgIpc) is 2.21. The zero-order valence-corrected chi connectivity index (χ0v) is 4.72. The van der Waals surface area contributed by atoms with Gasteiger partial charge in [-0.25, -0.2) is 0 Å². The van der Waals surface area contributed by atoms with Crippen LogP contribution in [0.3, 0.4) is 0 Å². The van der Waals surface area contributed by atoms with Gasteiger partial charge in [-0.3, -0.25) is 0 Å². The molecule has 0 aromatic heterocycles. The minimum atomic E-state index is -0.940. The van der Waals surface area contributed by atoms with Crippen LogP contribution < -0.4 is 0 Å². The molecule has 2 heteroatoms. The Bertz CT molecular complexity index is 103. The van der Waals surface area contributed by atoms with E-state index in [1.54, 1.807) is 0 Å². The third-order valence-electron chi connectivity index (χ3n) is 2.08. The molecule has 2 fully saturated rings. The van der Waals surface area contributed by atoms with Crippen molar-refractivity contribution < 1.29 is 9.84 Å². The van der Waals surface area contributed by atoms with E-state index in [2.05, 4.69) is 0 Å². The standard InChI is InChI=1S/C6H9O2/c7-6-3-1-5(8-6)2-4-6/h5H,1-4H2. The molecule has 0 spiro atoms. The molecule has 0 aromatic rings. The maximum Gasteiger partial charge on any atom is 0.202 e. The van der Waals surface area contributed by atoms with Gasteiger partial charge in [0.05, 0.1) is 6.10 Å². The predicted molar refractivity (Wildman–Crippen MR) is 26.8 cm³/mol. The summed E-state index contributed by atoms with van der Waals surface area (Å²) in [5, 5.41) is 11.1. The second-order valence-corrected chi connectivity index (χ2v) is 2.73. The molecule has 45 valence electrons. The van der Waals surface area contributed by atoms with E-state index in [4.69, 9.17) is 4.74 Å². The SMILES string of the molecule is [O]C12CCC(CC1)O2. The first-order valence-corrected chi connectivity index (χ1v) is 3.17. The van der Waals surface area contributed by atoms with E-state index >= 15 is 0 Å². The quantitative estimate of drug-likeness (QED) is 0.462. The van der Waals surface area contributed by atoms with Crippen molar-refractivity contribution in [1.29, 1.82) is 0 Å². The number of hydrogen-bond acceptors (Lipinski definition) is 1. The fourth-order valence-electron chi connectivity index (χ4n) is 1.57. The smallest absolute Gasteiger partial charge is 0.202 e. The van der Waals surface area contributed by atoms with E-state index < -0.39 is 5.79 Å². The summed E-state index contributed by atoms with van der Waals surface area (Å²) in [4.78, 5) is 0. The summed E-state index contributed by atoms with van der Waals surface area (Å²) in [6, 6.07) is 0. The van der Waals surface area contributed by atoms with Gasteiger partial charge in [-0.1, -0.05) is 0 Å². The highest BCUT2D eigenvalue weighted by Crippen LogP contribution is 2.41. The third-order valence-corrected chi connectivity index (χ3v) is 2.08. The maximum atomic E-state index is 11.1. The van der Waals surface area contributed by atoms with Gasteiger partial charge in [0, 0.05) is 12.8 Å². The van der Waals surface area contributed by atoms with Gasteiger partial charge < -0.3 is 4.74 Å². The zero-order chi connectivity index (χ0) is 5.61. The van der Waals surface area contributed by atoms with E-state index in [-0.39, 0.29) is 0 Å². The summed E-state index contributed by atoms with van der Waals surface area (Å²) < 4.78 is 5.10. The molecule has 0 atom stereocenters.